The summed E-state index contributed by atoms with van der Waals surface area (Å²) < 4.78 is 13.7. The molecule has 0 saturated heterocycles. The zero-order chi connectivity index (χ0) is 12.9. The zero-order valence-electron chi connectivity index (χ0n) is 10.5. The number of aliphatic hydroxyl groups is 1. The fourth-order valence-electron chi connectivity index (χ4n) is 2.25. The monoisotopic (exact) mass is 302 g/mol. The Balaban J connectivity index is 2.85. The molecule has 0 aromatic heterocycles. The van der Waals surface area contributed by atoms with Crippen LogP contribution in [0.5, 0.6) is 0 Å². The molecule has 96 valence electrons. The van der Waals surface area contributed by atoms with Crippen molar-refractivity contribution in [3.8, 4) is 0 Å². The molecule has 3 heteroatoms. The Morgan fingerprint density at radius 1 is 1.24 bits per heavy atom. The van der Waals surface area contributed by atoms with Gasteiger partial charge in [-0.1, -0.05) is 48.7 Å². The van der Waals surface area contributed by atoms with Crippen LogP contribution in [0, 0.1) is 5.82 Å². The molecule has 1 aromatic rings. The van der Waals surface area contributed by atoms with E-state index in [2.05, 4.69) is 29.8 Å². The third-order valence-corrected chi connectivity index (χ3v) is 3.70. The van der Waals surface area contributed by atoms with Gasteiger partial charge >= 0.3 is 0 Å². The Morgan fingerprint density at radius 3 is 2.29 bits per heavy atom. The maximum Gasteiger partial charge on any atom is 0.124 e. The van der Waals surface area contributed by atoms with Crippen molar-refractivity contribution >= 4 is 15.9 Å². The van der Waals surface area contributed by atoms with Crippen LogP contribution in [-0.4, -0.2) is 10.7 Å². The van der Waals surface area contributed by atoms with Crippen molar-refractivity contribution in [1.29, 1.82) is 0 Å². The molecule has 0 unspecified atom stereocenters. The third-order valence-electron chi connectivity index (χ3n) is 2.97. The molecule has 1 rings (SSSR count). The average molecular weight is 303 g/mol. The summed E-state index contributed by atoms with van der Waals surface area (Å²) in [4.78, 5) is 0. The smallest absolute Gasteiger partial charge is 0.124 e. The van der Waals surface area contributed by atoms with E-state index in [1.165, 1.54) is 12.1 Å². The van der Waals surface area contributed by atoms with Crippen LogP contribution in [0.1, 0.15) is 45.1 Å². The first-order chi connectivity index (χ1) is 8.00. The number of hydrogen-bond donors (Lipinski definition) is 1. The highest BCUT2D eigenvalue weighted by atomic mass is 79.9. The molecular formula is C14H20BrFO. The molecule has 0 aliphatic rings. The predicted molar refractivity (Wildman–Crippen MR) is 72.6 cm³/mol. The van der Waals surface area contributed by atoms with E-state index in [0.717, 1.165) is 35.7 Å². The van der Waals surface area contributed by atoms with Crippen molar-refractivity contribution in [2.75, 3.05) is 0 Å². The highest BCUT2D eigenvalue weighted by molar-refractivity contribution is 9.10. The van der Waals surface area contributed by atoms with Crippen LogP contribution >= 0.6 is 15.9 Å². The van der Waals surface area contributed by atoms with E-state index in [-0.39, 0.29) is 5.82 Å². The van der Waals surface area contributed by atoms with E-state index in [1.54, 1.807) is 6.07 Å². The van der Waals surface area contributed by atoms with Crippen LogP contribution in [0.2, 0.25) is 0 Å². The van der Waals surface area contributed by atoms with E-state index in [0.29, 0.717) is 6.42 Å². The minimum atomic E-state index is -0.663. The van der Waals surface area contributed by atoms with Gasteiger partial charge in [0.1, 0.15) is 5.82 Å². The van der Waals surface area contributed by atoms with Gasteiger partial charge in [0.25, 0.3) is 0 Å². The minimum Gasteiger partial charge on any atom is -0.390 e. The van der Waals surface area contributed by atoms with E-state index in [1.807, 2.05) is 0 Å². The number of hydrogen-bond acceptors (Lipinski definition) is 1. The minimum absolute atomic E-state index is 0.254. The Labute approximate surface area is 111 Å². The molecule has 1 nitrogen and oxygen atoms in total. The molecule has 0 aliphatic heterocycles. The van der Waals surface area contributed by atoms with Crippen molar-refractivity contribution in [1.82, 2.24) is 0 Å². The molecule has 0 amide bonds. The topological polar surface area (TPSA) is 20.2 Å². The number of halogens is 2. The van der Waals surface area contributed by atoms with Crippen LogP contribution in [0.3, 0.4) is 0 Å². The first kappa shape index (κ1) is 14.7. The highest BCUT2D eigenvalue weighted by Gasteiger charge is 2.26. The summed E-state index contributed by atoms with van der Waals surface area (Å²) >= 11 is 3.35. The van der Waals surface area contributed by atoms with Crippen LogP contribution in [0.15, 0.2) is 22.7 Å². The van der Waals surface area contributed by atoms with Gasteiger partial charge in [-0.3, -0.25) is 0 Å². The van der Waals surface area contributed by atoms with E-state index >= 15 is 0 Å². The van der Waals surface area contributed by atoms with Crippen LogP contribution in [0.25, 0.3) is 0 Å². The second kappa shape index (κ2) is 6.50. The fraction of sp³-hybridized carbons (Fsp3) is 0.571. The van der Waals surface area contributed by atoms with Gasteiger partial charge in [0, 0.05) is 10.9 Å². The van der Waals surface area contributed by atoms with Gasteiger partial charge in [0.05, 0.1) is 5.60 Å². The molecule has 0 aliphatic carbocycles. The van der Waals surface area contributed by atoms with Crippen LogP contribution in [-0.2, 0) is 6.42 Å². The normalized spacial score (nSPS) is 11.8. The summed E-state index contributed by atoms with van der Waals surface area (Å²) in [5.74, 6) is -0.254. The van der Waals surface area contributed by atoms with Gasteiger partial charge in [0.2, 0.25) is 0 Å². The summed E-state index contributed by atoms with van der Waals surface area (Å²) in [5, 5.41) is 10.5. The van der Waals surface area contributed by atoms with Crippen LogP contribution < -0.4 is 0 Å². The Morgan fingerprint density at radius 2 is 1.82 bits per heavy atom. The van der Waals surface area contributed by atoms with Crippen molar-refractivity contribution in [3.63, 3.8) is 0 Å². The Hall–Kier alpha value is -0.410. The first-order valence-electron chi connectivity index (χ1n) is 6.17. The Bertz CT molecular complexity index is 359. The molecular weight excluding hydrogens is 283 g/mol. The number of rotatable bonds is 6. The van der Waals surface area contributed by atoms with Gasteiger partial charge < -0.3 is 5.11 Å². The molecule has 0 fully saturated rings. The molecule has 17 heavy (non-hydrogen) atoms. The SMILES string of the molecule is CCCC(O)(CCC)Cc1ccc(F)cc1Br. The summed E-state index contributed by atoms with van der Waals surface area (Å²) in [7, 11) is 0. The molecule has 0 bridgehead atoms. The molecule has 0 spiro atoms. The van der Waals surface area contributed by atoms with E-state index in [4.69, 9.17) is 0 Å². The van der Waals surface area contributed by atoms with Crippen molar-refractivity contribution in [2.45, 2.75) is 51.6 Å². The molecule has 0 radical (unpaired) electrons. The second-order valence-electron chi connectivity index (χ2n) is 4.64. The molecule has 0 saturated carbocycles. The lowest BCUT2D eigenvalue weighted by atomic mass is 9.86. The molecule has 0 atom stereocenters. The maximum absolute atomic E-state index is 13.0. The Kier molecular flexibility index (Phi) is 5.60. The molecule has 1 N–H and O–H groups in total. The predicted octanol–water partition coefficient (Wildman–Crippen LogP) is 4.46. The third kappa shape index (κ3) is 4.40. The van der Waals surface area contributed by atoms with E-state index < -0.39 is 5.60 Å². The largest absolute Gasteiger partial charge is 0.390 e. The van der Waals surface area contributed by atoms with E-state index in [9.17, 15) is 9.50 Å². The summed E-state index contributed by atoms with van der Waals surface area (Å²) in [6.45, 7) is 4.14. The first-order valence-corrected chi connectivity index (χ1v) is 6.96. The number of benzene rings is 1. The quantitative estimate of drug-likeness (QED) is 0.822. The van der Waals surface area contributed by atoms with Crippen molar-refractivity contribution < 1.29 is 9.50 Å². The summed E-state index contributed by atoms with van der Waals surface area (Å²) in [6, 6.07) is 4.64. The standard InChI is InChI=1S/C14H20BrFO/c1-3-7-14(17,8-4-2)10-11-5-6-12(16)9-13(11)15/h5-6,9,17H,3-4,7-8,10H2,1-2H3. The lowest BCUT2D eigenvalue weighted by Gasteiger charge is -2.28. The molecule has 1 aromatic carbocycles. The lowest BCUT2D eigenvalue weighted by Crippen LogP contribution is -2.31. The van der Waals surface area contributed by atoms with Gasteiger partial charge in [0.15, 0.2) is 0 Å². The van der Waals surface area contributed by atoms with Gasteiger partial charge in [-0.2, -0.15) is 0 Å². The van der Waals surface area contributed by atoms with Crippen LogP contribution in [0.4, 0.5) is 4.39 Å². The lowest BCUT2D eigenvalue weighted by molar-refractivity contribution is 0.0214. The highest BCUT2D eigenvalue weighted by Crippen LogP contribution is 2.28. The fourth-order valence-corrected chi connectivity index (χ4v) is 2.74. The van der Waals surface area contributed by atoms with Gasteiger partial charge in [-0.25, -0.2) is 4.39 Å². The second-order valence-corrected chi connectivity index (χ2v) is 5.49. The maximum atomic E-state index is 13.0. The van der Waals surface area contributed by atoms with Gasteiger partial charge in [-0.05, 0) is 30.5 Å². The van der Waals surface area contributed by atoms with Gasteiger partial charge in [-0.15, -0.1) is 0 Å². The van der Waals surface area contributed by atoms with Crippen molar-refractivity contribution in [2.24, 2.45) is 0 Å². The summed E-state index contributed by atoms with van der Waals surface area (Å²) in [6.07, 6.45) is 4.05. The average Bonchev–Trinajstić information content (AvgIpc) is 2.23. The zero-order valence-corrected chi connectivity index (χ0v) is 12.1. The molecule has 0 heterocycles. The van der Waals surface area contributed by atoms with Crippen molar-refractivity contribution in [3.05, 3.63) is 34.1 Å². The summed E-state index contributed by atoms with van der Waals surface area (Å²) in [5.41, 5.74) is 0.305.